The summed E-state index contributed by atoms with van der Waals surface area (Å²) >= 11 is 6.04. The first-order valence-electron chi connectivity index (χ1n) is 7.12. The maximum Gasteiger partial charge on any atom is 0.123 e. The highest BCUT2D eigenvalue weighted by Gasteiger charge is 2.05. The van der Waals surface area contributed by atoms with Crippen LogP contribution in [0.25, 0.3) is 0 Å². The standard InChI is InChI=1S/C16H23ClN2O/c1-13(2)11-19-12-14-10-15(17)6-7-16(14)20-9-5-3-4-8-18/h6-7,10,13,19H,3-5,9,11-12H2,1-2H3. The van der Waals surface area contributed by atoms with Gasteiger partial charge in [0.25, 0.3) is 0 Å². The Morgan fingerprint density at radius 1 is 1.35 bits per heavy atom. The number of benzene rings is 1. The molecule has 0 aliphatic heterocycles. The van der Waals surface area contributed by atoms with Crippen molar-refractivity contribution in [3.63, 3.8) is 0 Å². The van der Waals surface area contributed by atoms with Gasteiger partial charge < -0.3 is 10.1 Å². The van der Waals surface area contributed by atoms with Crippen molar-refractivity contribution in [2.45, 2.75) is 39.7 Å². The summed E-state index contributed by atoms with van der Waals surface area (Å²) in [7, 11) is 0. The van der Waals surface area contributed by atoms with Crippen molar-refractivity contribution in [3.05, 3.63) is 28.8 Å². The van der Waals surface area contributed by atoms with Gasteiger partial charge in [-0.25, -0.2) is 0 Å². The SMILES string of the molecule is CC(C)CNCc1cc(Cl)ccc1OCCCCC#N. The molecule has 1 N–H and O–H groups in total. The van der Waals surface area contributed by atoms with Crippen LogP contribution in [0.15, 0.2) is 18.2 Å². The maximum absolute atomic E-state index is 8.49. The molecule has 0 bridgehead atoms. The van der Waals surface area contributed by atoms with E-state index >= 15 is 0 Å². The Balaban J connectivity index is 2.49. The van der Waals surface area contributed by atoms with Crippen LogP contribution in [-0.4, -0.2) is 13.2 Å². The van der Waals surface area contributed by atoms with Crippen LogP contribution in [0.1, 0.15) is 38.7 Å². The van der Waals surface area contributed by atoms with Crippen molar-refractivity contribution in [3.8, 4) is 11.8 Å². The Morgan fingerprint density at radius 2 is 2.15 bits per heavy atom. The van der Waals surface area contributed by atoms with Crippen molar-refractivity contribution in [1.82, 2.24) is 5.32 Å². The van der Waals surface area contributed by atoms with Crippen LogP contribution >= 0.6 is 11.6 Å². The average molecular weight is 295 g/mol. The predicted octanol–water partition coefficient (Wildman–Crippen LogP) is 4.16. The third kappa shape index (κ3) is 6.79. The zero-order valence-electron chi connectivity index (χ0n) is 12.3. The summed E-state index contributed by atoms with van der Waals surface area (Å²) in [5.74, 6) is 1.49. The minimum atomic E-state index is 0.590. The van der Waals surface area contributed by atoms with Crippen LogP contribution in [0, 0.1) is 17.2 Å². The van der Waals surface area contributed by atoms with E-state index in [0.29, 0.717) is 18.9 Å². The number of hydrogen-bond donors (Lipinski definition) is 1. The summed E-state index contributed by atoms with van der Waals surface area (Å²) in [4.78, 5) is 0. The zero-order valence-corrected chi connectivity index (χ0v) is 13.0. The number of rotatable bonds is 9. The predicted molar refractivity (Wildman–Crippen MR) is 83.0 cm³/mol. The maximum atomic E-state index is 8.49. The topological polar surface area (TPSA) is 45.0 Å². The number of nitriles is 1. The van der Waals surface area contributed by atoms with E-state index in [4.69, 9.17) is 21.6 Å². The smallest absolute Gasteiger partial charge is 0.123 e. The number of unbranched alkanes of at least 4 members (excludes halogenated alkanes) is 2. The third-order valence-electron chi connectivity index (χ3n) is 2.83. The van der Waals surface area contributed by atoms with Crippen molar-refractivity contribution >= 4 is 11.6 Å². The molecule has 0 aliphatic rings. The summed E-state index contributed by atoms with van der Waals surface area (Å²) in [6.07, 6.45) is 2.37. The van der Waals surface area contributed by atoms with Crippen LogP contribution in [0.4, 0.5) is 0 Å². The summed E-state index contributed by atoms with van der Waals surface area (Å²) in [6, 6.07) is 7.85. The first-order chi connectivity index (χ1) is 9.63. The van der Waals surface area contributed by atoms with E-state index in [9.17, 15) is 0 Å². The Kier molecular flexibility index (Phi) is 8.10. The summed E-state index contributed by atoms with van der Waals surface area (Å²) in [6.45, 7) is 6.72. The van der Waals surface area contributed by atoms with Crippen LogP contribution in [0.2, 0.25) is 5.02 Å². The number of nitrogens with zero attached hydrogens (tertiary/aromatic N) is 1. The third-order valence-corrected chi connectivity index (χ3v) is 3.07. The Bertz CT molecular complexity index is 441. The highest BCUT2D eigenvalue weighted by molar-refractivity contribution is 6.30. The first-order valence-corrected chi connectivity index (χ1v) is 7.50. The molecule has 4 heteroatoms. The van der Waals surface area contributed by atoms with Crippen molar-refractivity contribution < 1.29 is 4.74 Å². The fourth-order valence-corrected chi connectivity index (χ4v) is 2.01. The van der Waals surface area contributed by atoms with E-state index in [1.807, 2.05) is 18.2 Å². The molecule has 20 heavy (non-hydrogen) atoms. The van der Waals surface area contributed by atoms with Gasteiger partial charge >= 0.3 is 0 Å². The number of halogens is 1. The van der Waals surface area contributed by atoms with Gasteiger partial charge in [0.05, 0.1) is 12.7 Å². The van der Waals surface area contributed by atoms with Crippen molar-refractivity contribution in [2.24, 2.45) is 5.92 Å². The van der Waals surface area contributed by atoms with E-state index in [1.54, 1.807) is 0 Å². The normalized spacial score (nSPS) is 10.6. The summed E-state index contributed by atoms with van der Waals surface area (Å²) in [5, 5.41) is 12.6. The second-order valence-corrected chi connectivity index (χ2v) is 5.68. The molecular formula is C16H23ClN2O. The summed E-state index contributed by atoms with van der Waals surface area (Å²) in [5.41, 5.74) is 1.08. The first kappa shape index (κ1) is 16.8. The van der Waals surface area contributed by atoms with Gasteiger partial charge in [-0.1, -0.05) is 25.4 Å². The van der Waals surface area contributed by atoms with Crippen LogP contribution < -0.4 is 10.1 Å². The van der Waals surface area contributed by atoms with E-state index < -0.39 is 0 Å². The molecule has 1 aromatic rings. The molecule has 0 aromatic heterocycles. The van der Waals surface area contributed by atoms with Gasteiger partial charge in [0.15, 0.2) is 0 Å². The minimum absolute atomic E-state index is 0.590. The lowest BCUT2D eigenvalue weighted by atomic mass is 10.1. The Hall–Kier alpha value is -1.24. The molecule has 0 radical (unpaired) electrons. The zero-order chi connectivity index (χ0) is 14.8. The lowest BCUT2D eigenvalue weighted by Gasteiger charge is -2.13. The van der Waals surface area contributed by atoms with Crippen LogP contribution in [-0.2, 0) is 6.54 Å². The van der Waals surface area contributed by atoms with Gasteiger partial charge in [0.1, 0.15) is 5.75 Å². The van der Waals surface area contributed by atoms with Gasteiger partial charge in [0.2, 0.25) is 0 Å². The second-order valence-electron chi connectivity index (χ2n) is 5.24. The number of hydrogen-bond acceptors (Lipinski definition) is 3. The van der Waals surface area contributed by atoms with Crippen molar-refractivity contribution in [2.75, 3.05) is 13.2 Å². The van der Waals surface area contributed by atoms with Gasteiger partial charge in [-0.15, -0.1) is 0 Å². The molecule has 110 valence electrons. The Morgan fingerprint density at radius 3 is 2.85 bits per heavy atom. The molecular weight excluding hydrogens is 272 g/mol. The summed E-state index contributed by atoms with van der Waals surface area (Å²) < 4.78 is 5.79. The van der Waals surface area contributed by atoms with E-state index in [1.165, 1.54) is 0 Å². The highest BCUT2D eigenvalue weighted by Crippen LogP contribution is 2.23. The molecule has 0 amide bonds. The molecule has 0 heterocycles. The lowest BCUT2D eigenvalue weighted by molar-refractivity contribution is 0.303. The minimum Gasteiger partial charge on any atom is -0.493 e. The number of nitrogens with one attached hydrogen (secondary N) is 1. The van der Waals surface area contributed by atoms with Crippen LogP contribution in [0.5, 0.6) is 5.75 Å². The number of ether oxygens (including phenoxy) is 1. The van der Waals surface area contributed by atoms with E-state index in [-0.39, 0.29) is 0 Å². The fraction of sp³-hybridized carbons (Fsp3) is 0.562. The largest absolute Gasteiger partial charge is 0.493 e. The molecule has 0 saturated carbocycles. The van der Waals surface area contributed by atoms with Gasteiger partial charge in [-0.05, 0) is 43.5 Å². The molecule has 0 aliphatic carbocycles. The fourth-order valence-electron chi connectivity index (χ4n) is 1.81. The molecule has 1 rings (SSSR count). The second kappa shape index (κ2) is 9.63. The van der Waals surface area contributed by atoms with Gasteiger partial charge in [-0.2, -0.15) is 5.26 Å². The van der Waals surface area contributed by atoms with Crippen molar-refractivity contribution in [1.29, 1.82) is 5.26 Å². The Labute approximate surface area is 126 Å². The molecule has 0 spiro atoms. The molecule has 0 saturated heterocycles. The van der Waals surface area contributed by atoms with E-state index in [0.717, 1.165) is 42.3 Å². The quantitative estimate of drug-likeness (QED) is 0.696. The average Bonchev–Trinajstić information content (AvgIpc) is 2.40. The molecule has 1 aromatic carbocycles. The highest BCUT2D eigenvalue weighted by atomic mass is 35.5. The molecule has 3 nitrogen and oxygen atoms in total. The van der Waals surface area contributed by atoms with Crippen LogP contribution in [0.3, 0.4) is 0 Å². The lowest BCUT2D eigenvalue weighted by Crippen LogP contribution is -2.19. The monoisotopic (exact) mass is 294 g/mol. The van der Waals surface area contributed by atoms with Gasteiger partial charge in [-0.3, -0.25) is 0 Å². The molecule has 0 fully saturated rings. The molecule has 0 unspecified atom stereocenters. The van der Waals surface area contributed by atoms with E-state index in [2.05, 4.69) is 25.2 Å². The molecule has 0 atom stereocenters. The van der Waals surface area contributed by atoms with Gasteiger partial charge in [0, 0.05) is 23.6 Å².